The van der Waals surface area contributed by atoms with Crippen molar-refractivity contribution in [2.24, 2.45) is 0 Å². The Morgan fingerprint density at radius 2 is 2.03 bits per heavy atom. The molecule has 0 saturated heterocycles. The van der Waals surface area contributed by atoms with E-state index in [9.17, 15) is 19.2 Å². The lowest BCUT2D eigenvalue weighted by Gasteiger charge is -2.08. The summed E-state index contributed by atoms with van der Waals surface area (Å²) in [5.74, 6) is -1.29. The summed E-state index contributed by atoms with van der Waals surface area (Å²) in [5, 5.41) is 5.09. The first-order chi connectivity index (χ1) is 14.3. The number of carbonyl (C=O) groups is 3. The minimum atomic E-state index is -0.694. The third kappa shape index (κ3) is 4.07. The fourth-order valence-electron chi connectivity index (χ4n) is 2.94. The van der Waals surface area contributed by atoms with Gasteiger partial charge in [0.05, 0.1) is 6.61 Å². The van der Waals surface area contributed by atoms with E-state index in [1.54, 1.807) is 25.1 Å². The first-order valence-corrected chi connectivity index (χ1v) is 9.13. The van der Waals surface area contributed by atoms with Crippen molar-refractivity contribution < 1.29 is 23.5 Å². The molecule has 0 aliphatic heterocycles. The average molecular weight is 412 g/mol. The van der Waals surface area contributed by atoms with E-state index >= 15 is 0 Å². The highest BCUT2D eigenvalue weighted by molar-refractivity contribution is 6.03. The van der Waals surface area contributed by atoms with E-state index in [-0.39, 0.29) is 41.5 Å². The van der Waals surface area contributed by atoms with Crippen molar-refractivity contribution >= 4 is 34.6 Å². The number of esters is 1. The van der Waals surface area contributed by atoms with Gasteiger partial charge in [-0.25, -0.2) is 9.78 Å². The van der Waals surface area contributed by atoms with Gasteiger partial charge in [-0.2, -0.15) is 0 Å². The van der Waals surface area contributed by atoms with Crippen LogP contribution in [0, 0.1) is 6.92 Å². The van der Waals surface area contributed by atoms with Gasteiger partial charge in [0.15, 0.2) is 0 Å². The Hall–Kier alpha value is -3.95. The van der Waals surface area contributed by atoms with Gasteiger partial charge in [-0.3, -0.25) is 19.0 Å². The highest BCUT2D eigenvalue weighted by atomic mass is 16.5. The van der Waals surface area contributed by atoms with Gasteiger partial charge in [0, 0.05) is 18.3 Å². The van der Waals surface area contributed by atoms with E-state index in [1.165, 1.54) is 26.4 Å². The van der Waals surface area contributed by atoms with Crippen LogP contribution in [0.5, 0.6) is 0 Å². The molecule has 0 fully saturated rings. The lowest BCUT2D eigenvalue weighted by molar-refractivity contribution is -0.116. The first kappa shape index (κ1) is 20.8. The van der Waals surface area contributed by atoms with Gasteiger partial charge in [-0.1, -0.05) is 6.07 Å². The number of amides is 2. The number of nitrogens with one attached hydrogen (secondary N) is 2. The van der Waals surface area contributed by atoms with Gasteiger partial charge < -0.3 is 19.8 Å². The number of benzene rings is 1. The molecule has 0 spiro atoms. The number of hydrogen-bond donors (Lipinski definition) is 2. The van der Waals surface area contributed by atoms with Crippen LogP contribution in [0.15, 0.2) is 39.8 Å². The van der Waals surface area contributed by atoms with Gasteiger partial charge in [0.1, 0.15) is 29.6 Å². The first-order valence-electron chi connectivity index (χ1n) is 9.13. The summed E-state index contributed by atoms with van der Waals surface area (Å²) in [6.45, 7) is 2.97. The number of aromatic nitrogens is 2. The van der Waals surface area contributed by atoms with Gasteiger partial charge in [-0.05, 0) is 32.0 Å². The molecule has 0 saturated carbocycles. The van der Waals surface area contributed by atoms with Crippen LogP contribution in [0.4, 0.5) is 5.69 Å². The number of aryl methyl sites for hydroxylation is 1. The number of nitrogens with zero attached hydrogens (tertiary/aromatic N) is 2. The van der Waals surface area contributed by atoms with Gasteiger partial charge in [-0.15, -0.1) is 0 Å². The Morgan fingerprint density at radius 3 is 2.73 bits per heavy atom. The predicted molar refractivity (Wildman–Crippen MR) is 107 cm³/mol. The highest BCUT2D eigenvalue weighted by Gasteiger charge is 2.24. The van der Waals surface area contributed by atoms with E-state index in [0.29, 0.717) is 11.3 Å². The topological polar surface area (TPSA) is 133 Å². The average Bonchev–Trinajstić information content (AvgIpc) is 3.06. The van der Waals surface area contributed by atoms with Crippen molar-refractivity contribution in [3.8, 4) is 0 Å². The molecule has 2 amide bonds. The zero-order chi connectivity index (χ0) is 21.8. The van der Waals surface area contributed by atoms with Crippen LogP contribution in [0.3, 0.4) is 0 Å². The molecule has 3 aromatic rings. The van der Waals surface area contributed by atoms with E-state index in [1.807, 2.05) is 0 Å². The van der Waals surface area contributed by atoms with Crippen LogP contribution in [-0.2, 0) is 16.1 Å². The summed E-state index contributed by atoms with van der Waals surface area (Å²) < 4.78 is 11.4. The molecule has 0 unspecified atom stereocenters. The maximum atomic E-state index is 12.9. The van der Waals surface area contributed by atoms with Crippen LogP contribution in [0.25, 0.3) is 11.1 Å². The summed E-state index contributed by atoms with van der Waals surface area (Å²) in [7, 11) is 1.51. The lowest BCUT2D eigenvalue weighted by atomic mass is 10.2. The molecule has 10 nitrogen and oxygen atoms in total. The Labute approximate surface area is 170 Å². The molecular formula is C20H20N4O6. The summed E-state index contributed by atoms with van der Waals surface area (Å²) in [4.78, 5) is 53.3. The monoisotopic (exact) mass is 412 g/mol. The number of carbonyl (C=O) groups excluding carboxylic acids is 3. The molecule has 0 bridgehead atoms. The van der Waals surface area contributed by atoms with Crippen LogP contribution < -0.4 is 16.2 Å². The summed E-state index contributed by atoms with van der Waals surface area (Å²) in [6.07, 6.45) is 1.17. The zero-order valence-electron chi connectivity index (χ0n) is 16.6. The molecule has 0 aliphatic rings. The maximum Gasteiger partial charge on any atom is 0.342 e. The summed E-state index contributed by atoms with van der Waals surface area (Å²) in [5.41, 5.74) is 0.167. The second kappa shape index (κ2) is 8.60. The number of rotatable bonds is 6. The molecule has 0 radical (unpaired) electrons. The van der Waals surface area contributed by atoms with Crippen LogP contribution >= 0.6 is 0 Å². The third-order valence-corrected chi connectivity index (χ3v) is 4.28. The molecule has 0 atom stereocenters. The smallest absolute Gasteiger partial charge is 0.342 e. The maximum absolute atomic E-state index is 12.9. The van der Waals surface area contributed by atoms with Crippen LogP contribution in [0.1, 0.15) is 33.4 Å². The van der Waals surface area contributed by atoms with Crippen molar-refractivity contribution in [1.82, 2.24) is 14.9 Å². The Balaban J connectivity index is 1.87. The summed E-state index contributed by atoms with van der Waals surface area (Å²) >= 11 is 0. The fraction of sp³-hybridized carbons (Fsp3) is 0.250. The molecular weight excluding hydrogens is 392 g/mol. The van der Waals surface area contributed by atoms with Gasteiger partial charge >= 0.3 is 5.97 Å². The quantitative estimate of drug-likeness (QED) is 0.586. The highest BCUT2D eigenvalue weighted by Crippen LogP contribution is 2.21. The molecule has 10 heteroatoms. The summed E-state index contributed by atoms with van der Waals surface area (Å²) in [6, 6.07) is 6.36. The molecule has 3 rings (SSSR count). The predicted octanol–water partition coefficient (Wildman–Crippen LogP) is 1.47. The number of anilines is 1. The van der Waals surface area contributed by atoms with Crippen molar-refractivity contribution in [3.63, 3.8) is 0 Å². The van der Waals surface area contributed by atoms with Crippen LogP contribution in [-0.4, -0.2) is 41.0 Å². The molecule has 2 heterocycles. The van der Waals surface area contributed by atoms with Crippen molar-refractivity contribution in [1.29, 1.82) is 0 Å². The molecule has 0 aliphatic carbocycles. The standard InChI is InChI=1S/C20H20N4O6/c1-4-29-20(28)15-11(2)30-18-16(15)19(27)24(10-22-18)9-14(25)23-13-7-5-6-12(8-13)17(26)21-3/h5-8,10H,4,9H2,1-3H3,(H,21,26)(H,23,25). The van der Waals surface area contributed by atoms with E-state index in [2.05, 4.69) is 15.6 Å². The van der Waals surface area contributed by atoms with Gasteiger partial charge in [0.25, 0.3) is 11.5 Å². The fourth-order valence-corrected chi connectivity index (χ4v) is 2.94. The zero-order valence-corrected chi connectivity index (χ0v) is 16.6. The Kier molecular flexibility index (Phi) is 5.95. The second-order valence-electron chi connectivity index (χ2n) is 6.32. The van der Waals surface area contributed by atoms with Crippen molar-refractivity contribution in [2.45, 2.75) is 20.4 Å². The molecule has 2 N–H and O–H groups in total. The minimum Gasteiger partial charge on any atom is -0.462 e. The Morgan fingerprint density at radius 1 is 1.27 bits per heavy atom. The lowest BCUT2D eigenvalue weighted by Crippen LogP contribution is -2.28. The van der Waals surface area contributed by atoms with Crippen molar-refractivity contribution in [2.75, 3.05) is 19.0 Å². The minimum absolute atomic E-state index is 0.00242. The number of fused-ring (bicyclic) bond motifs is 1. The van der Waals surface area contributed by atoms with E-state index in [0.717, 1.165) is 4.57 Å². The molecule has 30 heavy (non-hydrogen) atoms. The number of furan rings is 1. The molecule has 156 valence electrons. The van der Waals surface area contributed by atoms with Crippen LogP contribution in [0.2, 0.25) is 0 Å². The van der Waals surface area contributed by atoms with Gasteiger partial charge in [0.2, 0.25) is 11.6 Å². The molecule has 2 aromatic heterocycles. The Bertz CT molecular complexity index is 1190. The normalized spacial score (nSPS) is 10.6. The van der Waals surface area contributed by atoms with E-state index in [4.69, 9.17) is 9.15 Å². The van der Waals surface area contributed by atoms with Crippen molar-refractivity contribution in [3.05, 3.63) is 57.8 Å². The third-order valence-electron chi connectivity index (χ3n) is 4.28. The largest absolute Gasteiger partial charge is 0.462 e. The SMILES string of the molecule is CCOC(=O)c1c(C)oc2ncn(CC(=O)Nc3cccc(C(=O)NC)c3)c(=O)c12. The second-order valence-corrected chi connectivity index (χ2v) is 6.32. The van der Waals surface area contributed by atoms with E-state index < -0.39 is 17.4 Å². The molecule has 1 aromatic carbocycles. The number of ether oxygens (including phenoxy) is 1. The number of hydrogen-bond acceptors (Lipinski definition) is 7.